The van der Waals surface area contributed by atoms with Crippen molar-refractivity contribution in [3.63, 3.8) is 0 Å². The Kier molecular flexibility index (Phi) is 5.01. The highest BCUT2D eigenvalue weighted by Crippen LogP contribution is 2.22. The molecule has 0 N–H and O–H groups in total. The van der Waals surface area contributed by atoms with Gasteiger partial charge in [-0.3, -0.25) is 14.8 Å². The summed E-state index contributed by atoms with van der Waals surface area (Å²) in [7, 11) is 0. The predicted molar refractivity (Wildman–Crippen MR) is 105 cm³/mol. The van der Waals surface area contributed by atoms with Gasteiger partial charge in [-0.2, -0.15) is 0 Å². The number of hydrogen-bond acceptors (Lipinski definition) is 4. The van der Waals surface area contributed by atoms with E-state index in [9.17, 15) is 4.79 Å². The van der Waals surface area contributed by atoms with E-state index in [1.807, 2.05) is 41.3 Å². The molecule has 1 aliphatic rings. The maximum absolute atomic E-state index is 12.9. The number of carbonyl (C=O) groups excluding carboxylic acids is 1. The van der Waals surface area contributed by atoms with Gasteiger partial charge >= 0.3 is 0 Å². The summed E-state index contributed by atoms with van der Waals surface area (Å²) in [5, 5.41) is 0. The fraction of sp³-hybridized carbons (Fsp3) is 0.318. The van der Waals surface area contributed by atoms with Crippen LogP contribution in [0.4, 0.5) is 0 Å². The lowest BCUT2D eigenvalue weighted by atomic mass is 9.98. The highest BCUT2D eigenvalue weighted by atomic mass is 16.5. The first-order valence-electron chi connectivity index (χ1n) is 9.38. The number of aryl methyl sites for hydroxylation is 1. The smallest absolute Gasteiger partial charge is 0.253 e. The van der Waals surface area contributed by atoms with Crippen LogP contribution < -0.4 is 4.74 Å². The van der Waals surface area contributed by atoms with Crippen LogP contribution in [0.25, 0.3) is 11.0 Å². The van der Waals surface area contributed by atoms with Gasteiger partial charge in [0.25, 0.3) is 5.91 Å². The quantitative estimate of drug-likeness (QED) is 0.708. The number of piperidine rings is 1. The number of amides is 1. The fourth-order valence-corrected chi connectivity index (χ4v) is 3.58. The molecule has 4 rings (SSSR count). The van der Waals surface area contributed by atoms with Gasteiger partial charge in [0, 0.05) is 37.0 Å². The summed E-state index contributed by atoms with van der Waals surface area (Å²) in [5.74, 6) is 1.30. The van der Waals surface area contributed by atoms with E-state index < -0.39 is 0 Å². The van der Waals surface area contributed by atoms with Gasteiger partial charge in [-0.05, 0) is 55.7 Å². The molecule has 5 nitrogen and oxygen atoms in total. The first-order valence-corrected chi connectivity index (χ1v) is 9.38. The van der Waals surface area contributed by atoms with Crippen LogP contribution in [0.1, 0.15) is 28.8 Å². The third-order valence-corrected chi connectivity index (χ3v) is 5.00. The summed E-state index contributed by atoms with van der Waals surface area (Å²) in [5.41, 5.74) is 3.41. The second-order valence-electron chi connectivity index (χ2n) is 7.15. The first-order chi connectivity index (χ1) is 13.2. The minimum absolute atomic E-state index is 0.0582. The molecule has 1 atom stereocenters. The second-order valence-corrected chi connectivity index (χ2v) is 7.15. The summed E-state index contributed by atoms with van der Waals surface area (Å²) >= 11 is 0. The fourth-order valence-electron chi connectivity index (χ4n) is 3.58. The number of carbonyl (C=O) groups is 1. The molecule has 0 aliphatic carbocycles. The number of hydrogen-bond donors (Lipinski definition) is 0. The van der Waals surface area contributed by atoms with Crippen molar-refractivity contribution in [2.24, 2.45) is 5.92 Å². The Bertz CT molecular complexity index is 957. The van der Waals surface area contributed by atoms with Crippen molar-refractivity contribution in [1.29, 1.82) is 0 Å². The Morgan fingerprint density at radius 2 is 2.00 bits per heavy atom. The molecule has 0 spiro atoms. The molecule has 2 aromatic carbocycles. The number of fused-ring (bicyclic) bond motifs is 1. The Morgan fingerprint density at radius 1 is 1.15 bits per heavy atom. The Hall–Kier alpha value is -2.95. The minimum atomic E-state index is 0.0582. The molecular formula is C22H23N3O2. The lowest BCUT2D eigenvalue weighted by molar-refractivity contribution is 0.0633. The summed E-state index contributed by atoms with van der Waals surface area (Å²) in [4.78, 5) is 23.4. The van der Waals surface area contributed by atoms with E-state index in [0.29, 0.717) is 18.1 Å². The average Bonchev–Trinajstić information content (AvgIpc) is 2.71. The normalized spacial score (nSPS) is 17.1. The zero-order valence-corrected chi connectivity index (χ0v) is 15.5. The second kappa shape index (κ2) is 7.74. The molecule has 27 heavy (non-hydrogen) atoms. The molecule has 1 saturated heterocycles. The number of likely N-dealkylation sites (tertiary alicyclic amines) is 1. The Morgan fingerprint density at radius 3 is 2.85 bits per heavy atom. The summed E-state index contributed by atoms with van der Waals surface area (Å²) in [6.07, 6.45) is 5.39. The molecule has 1 aromatic heterocycles. The minimum Gasteiger partial charge on any atom is -0.493 e. The molecule has 1 fully saturated rings. The largest absolute Gasteiger partial charge is 0.493 e. The van der Waals surface area contributed by atoms with Crippen LogP contribution in [-0.4, -0.2) is 40.5 Å². The van der Waals surface area contributed by atoms with Crippen LogP contribution in [0.2, 0.25) is 0 Å². The monoisotopic (exact) mass is 361 g/mol. The van der Waals surface area contributed by atoms with Crippen molar-refractivity contribution in [3.8, 4) is 5.75 Å². The molecule has 0 bridgehead atoms. The zero-order valence-electron chi connectivity index (χ0n) is 15.5. The summed E-state index contributed by atoms with van der Waals surface area (Å²) in [6, 6.07) is 13.6. The van der Waals surface area contributed by atoms with Crippen molar-refractivity contribution < 1.29 is 9.53 Å². The molecule has 3 aromatic rings. The van der Waals surface area contributed by atoms with E-state index in [2.05, 4.69) is 23.0 Å². The van der Waals surface area contributed by atoms with Crippen LogP contribution in [0, 0.1) is 12.8 Å². The topological polar surface area (TPSA) is 55.3 Å². The SMILES string of the molecule is Cc1cccc(OC[C@H]2CCCN(C(=O)c3ccc4nccnc4c3)C2)c1. The number of ether oxygens (including phenoxy) is 1. The van der Waals surface area contributed by atoms with Crippen LogP contribution >= 0.6 is 0 Å². The summed E-state index contributed by atoms with van der Waals surface area (Å²) in [6.45, 7) is 4.21. The average molecular weight is 361 g/mol. The molecule has 1 amide bonds. The van der Waals surface area contributed by atoms with Crippen molar-refractivity contribution in [1.82, 2.24) is 14.9 Å². The molecule has 0 radical (unpaired) electrons. The maximum Gasteiger partial charge on any atom is 0.253 e. The van der Waals surface area contributed by atoms with Gasteiger partial charge in [-0.15, -0.1) is 0 Å². The van der Waals surface area contributed by atoms with Gasteiger partial charge in [0.05, 0.1) is 17.6 Å². The van der Waals surface area contributed by atoms with Gasteiger partial charge in [0.15, 0.2) is 0 Å². The van der Waals surface area contributed by atoms with E-state index in [1.54, 1.807) is 12.4 Å². The molecule has 0 unspecified atom stereocenters. The van der Waals surface area contributed by atoms with Gasteiger partial charge in [0.1, 0.15) is 5.75 Å². The number of nitrogens with zero attached hydrogens (tertiary/aromatic N) is 3. The molecule has 5 heteroatoms. The van der Waals surface area contributed by atoms with Crippen molar-refractivity contribution >= 4 is 16.9 Å². The number of benzene rings is 2. The molecule has 2 heterocycles. The molecular weight excluding hydrogens is 338 g/mol. The number of rotatable bonds is 4. The van der Waals surface area contributed by atoms with Crippen LogP contribution in [0.15, 0.2) is 54.9 Å². The third kappa shape index (κ3) is 4.08. The predicted octanol–water partition coefficient (Wildman–Crippen LogP) is 3.87. The highest BCUT2D eigenvalue weighted by molar-refractivity contribution is 5.97. The maximum atomic E-state index is 12.9. The number of aromatic nitrogens is 2. The van der Waals surface area contributed by atoms with Crippen LogP contribution in [0.3, 0.4) is 0 Å². The zero-order chi connectivity index (χ0) is 18.6. The van der Waals surface area contributed by atoms with E-state index in [4.69, 9.17) is 4.74 Å². The van der Waals surface area contributed by atoms with Gasteiger partial charge in [0.2, 0.25) is 0 Å². The van der Waals surface area contributed by atoms with Crippen LogP contribution in [0.5, 0.6) is 5.75 Å². The van der Waals surface area contributed by atoms with Gasteiger partial charge < -0.3 is 9.64 Å². The van der Waals surface area contributed by atoms with Crippen LogP contribution in [-0.2, 0) is 0 Å². The molecule has 1 aliphatic heterocycles. The van der Waals surface area contributed by atoms with Gasteiger partial charge in [-0.25, -0.2) is 0 Å². The van der Waals surface area contributed by atoms with E-state index in [0.717, 1.165) is 42.7 Å². The highest BCUT2D eigenvalue weighted by Gasteiger charge is 2.25. The van der Waals surface area contributed by atoms with Crippen molar-refractivity contribution in [2.75, 3.05) is 19.7 Å². The van der Waals surface area contributed by atoms with Gasteiger partial charge in [-0.1, -0.05) is 12.1 Å². The Labute approximate surface area is 159 Å². The lowest BCUT2D eigenvalue weighted by Gasteiger charge is -2.32. The van der Waals surface area contributed by atoms with E-state index in [-0.39, 0.29) is 5.91 Å². The lowest BCUT2D eigenvalue weighted by Crippen LogP contribution is -2.41. The van der Waals surface area contributed by atoms with E-state index in [1.165, 1.54) is 5.56 Å². The standard InChI is InChI=1S/C22H23N3O2/c1-16-4-2-6-19(12-16)27-15-17-5-3-11-25(14-17)22(26)18-7-8-20-21(13-18)24-10-9-23-20/h2,4,6-10,12-13,17H,3,5,11,14-15H2,1H3/t17-/m0/s1. The first kappa shape index (κ1) is 17.5. The van der Waals surface area contributed by atoms with Crippen molar-refractivity contribution in [2.45, 2.75) is 19.8 Å². The molecule has 0 saturated carbocycles. The summed E-state index contributed by atoms with van der Waals surface area (Å²) < 4.78 is 5.96. The van der Waals surface area contributed by atoms with Crippen molar-refractivity contribution in [3.05, 3.63) is 66.0 Å². The Balaban J connectivity index is 1.41. The third-order valence-electron chi connectivity index (χ3n) is 5.00. The van der Waals surface area contributed by atoms with E-state index >= 15 is 0 Å². The molecule has 138 valence electrons.